The lowest BCUT2D eigenvalue weighted by Gasteiger charge is -2.60. The average molecular weight is 794 g/mol. The summed E-state index contributed by atoms with van der Waals surface area (Å²) in [5.74, 6) is 0.707. The number of H-pyrrole nitrogens is 1. The van der Waals surface area contributed by atoms with Gasteiger partial charge < -0.3 is 38.9 Å². The van der Waals surface area contributed by atoms with Crippen molar-refractivity contribution in [2.75, 3.05) is 46.5 Å². The second-order valence-electron chi connectivity index (χ2n) is 16.2. The molecule has 4 N–H and O–H groups in total. The van der Waals surface area contributed by atoms with Crippen molar-refractivity contribution in [1.82, 2.24) is 20.1 Å². The van der Waals surface area contributed by atoms with Crippen molar-refractivity contribution in [1.29, 1.82) is 5.26 Å². The Bertz CT molecular complexity index is 2460. The van der Waals surface area contributed by atoms with E-state index in [1.54, 1.807) is 0 Å². The normalized spacial score (nSPS) is 30.8. The van der Waals surface area contributed by atoms with Gasteiger partial charge in [-0.3, -0.25) is 19.9 Å². The zero-order valence-corrected chi connectivity index (χ0v) is 33.0. The van der Waals surface area contributed by atoms with Crippen molar-refractivity contribution in [2.24, 2.45) is 0 Å². The Morgan fingerprint density at radius 2 is 1.93 bits per heavy atom. The van der Waals surface area contributed by atoms with Gasteiger partial charge in [0.2, 0.25) is 6.79 Å². The van der Waals surface area contributed by atoms with Gasteiger partial charge in [0, 0.05) is 70.9 Å². The largest absolute Gasteiger partial charge is 0.504 e. The maximum absolute atomic E-state index is 15.1. The van der Waals surface area contributed by atoms with E-state index in [2.05, 4.69) is 26.2 Å². The Labute approximate surface area is 332 Å². The molecule has 2 saturated heterocycles. The minimum atomic E-state index is -1.43. The van der Waals surface area contributed by atoms with Crippen LogP contribution in [0.2, 0.25) is 0 Å². The van der Waals surface area contributed by atoms with Gasteiger partial charge in [-0.05, 0) is 50.1 Å². The van der Waals surface area contributed by atoms with Gasteiger partial charge in [-0.2, -0.15) is 5.26 Å². The summed E-state index contributed by atoms with van der Waals surface area (Å²) in [5, 5.41) is 38.2. The van der Waals surface area contributed by atoms with Crippen molar-refractivity contribution in [3.63, 3.8) is 0 Å². The maximum Gasteiger partial charge on any atom is 0.333 e. The number of piperazine rings is 1. The van der Waals surface area contributed by atoms with Crippen molar-refractivity contribution in [3.05, 3.63) is 75.0 Å². The summed E-state index contributed by atoms with van der Waals surface area (Å²) in [6.07, 6.45) is 0.769. The molecule has 14 nitrogen and oxygen atoms in total. The number of para-hydroxylation sites is 1. The lowest BCUT2D eigenvalue weighted by Crippen LogP contribution is -2.69. The predicted molar refractivity (Wildman–Crippen MR) is 208 cm³/mol. The van der Waals surface area contributed by atoms with E-state index in [9.17, 15) is 20.3 Å². The molecule has 0 saturated carbocycles. The van der Waals surface area contributed by atoms with E-state index >= 15 is 4.79 Å². The number of likely N-dealkylation sites (N-methyl/N-ethyl adjacent to an activating group) is 1. The number of aryl methyl sites for hydroxylation is 1. The van der Waals surface area contributed by atoms with E-state index in [0.29, 0.717) is 63.9 Å². The van der Waals surface area contributed by atoms with Gasteiger partial charge in [0.25, 0.3) is 0 Å². The number of rotatable bonds is 3. The lowest BCUT2D eigenvalue weighted by molar-refractivity contribution is -0.159. The average Bonchev–Trinajstić information content (AvgIpc) is 3.78. The number of aromatic hydroxyl groups is 1. The van der Waals surface area contributed by atoms with Crippen LogP contribution in [0.1, 0.15) is 68.9 Å². The third-order valence-corrected chi connectivity index (χ3v) is 14.5. The summed E-state index contributed by atoms with van der Waals surface area (Å²) >= 11 is 1.49. The molecule has 1 spiro atoms. The molecule has 15 heteroatoms. The van der Waals surface area contributed by atoms with Crippen LogP contribution in [-0.4, -0.2) is 101 Å². The Kier molecular flexibility index (Phi) is 8.14. The van der Waals surface area contributed by atoms with Crippen LogP contribution >= 0.6 is 11.8 Å². The van der Waals surface area contributed by atoms with Gasteiger partial charge in [0.05, 0.1) is 42.8 Å². The monoisotopic (exact) mass is 793 g/mol. The number of nitriles is 1. The molecule has 1 aromatic heterocycles. The number of esters is 2. The van der Waals surface area contributed by atoms with Gasteiger partial charge in [0.15, 0.2) is 28.5 Å². The number of aromatic amines is 1. The topological polar surface area (TPSA) is 179 Å². The van der Waals surface area contributed by atoms with Gasteiger partial charge in [-0.25, -0.2) is 4.79 Å². The van der Waals surface area contributed by atoms with Crippen molar-refractivity contribution in [2.45, 2.75) is 74.1 Å². The van der Waals surface area contributed by atoms with Crippen LogP contribution in [-0.2, 0) is 32.7 Å². The molecule has 2 fully saturated rings. The molecule has 8 atom stereocenters. The molecule has 0 amide bonds. The fourth-order valence-corrected chi connectivity index (χ4v) is 12.6. The van der Waals surface area contributed by atoms with Gasteiger partial charge in [0.1, 0.15) is 17.9 Å². The third-order valence-electron chi connectivity index (χ3n) is 13.0. The van der Waals surface area contributed by atoms with Gasteiger partial charge in [-0.15, -0.1) is 11.8 Å². The molecule has 9 heterocycles. The van der Waals surface area contributed by atoms with Crippen LogP contribution in [0, 0.1) is 25.2 Å². The number of fused-ring (bicyclic) bond motifs is 8. The molecule has 4 aromatic rings. The molecule has 12 rings (SSSR count). The smallest absolute Gasteiger partial charge is 0.333 e. The maximum atomic E-state index is 15.1. The number of aliphatic hydroxyl groups is 1. The summed E-state index contributed by atoms with van der Waals surface area (Å²) in [6.45, 7) is 4.93. The fraction of sp³-hybridized carbons (Fsp3) is 0.452. The molecule has 0 aliphatic carbocycles. The Morgan fingerprint density at radius 3 is 2.68 bits per heavy atom. The predicted octanol–water partition coefficient (Wildman–Crippen LogP) is 4.12. The first-order chi connectivity index (χ1) is 27.5. The van der Waals surface area contributed by atoms with E-state index in [0.717, 1.165) is 27.6 Å². The number of carbonyl (C=O) groups is 2. The first-order valence-corrected chi connectivity index (χ1v) is 20.2. The summed E-state index contributed by atoms with van der Waals surface area (Å²) < 4.78 is 30.8. The van der Waals surface area contributed by atoms with E-state index in [-0.39, 0.29) is 37.9 Å². The van der Waals surface area contributed by atoms with E-state index < -0.39 is 52.4 Å². The number of phenolic OH excluding ortho intramolecular Hbond substituents is 1. The van der Waals surface area contributed by atoms with Crippen molar-refractivity contribution in [3.8, 4) is 34.8 Å². The minimum Gasteiger partial charge on any atom is -0.504 e. The number of nitrogens with one attached hydrogen (secondary N) is 2. The van der Waals surface area contributed by atoms with Crippen molar-refractivity contribution >= 4 is 34.6 Å². The highest BCUT2D eigenvalue weighted by Gasteiger charge is 2.64. The summed E-state index contributed by atoms with van der Waals surface area (Å²) in [4.78, 5) is 36.0. The highest BCUT2D eigenvalue weighted by atomic mass is 32.2. The first kappa shape index (κ1) is 36.4. The lowest BCUT2D eigenvalue weighted by atomic mass is 9.76. The van der Waals surface area contributed by atoms with E-state index in [4.69, 9.17) is 23.7 Å². The Morgan fingerprint density at radius 1 is 1.14 bits per heavy atom. The fourth-order valence-electron chi connectivity index (χ4n) is 11.0. The zero-order valence-electron chi connectivity index (χ0n) is 32.2. The minimum absolute atomic E-state index is 0.0190. The van der Waals surface area contributed by atoms with Crippen LogP contribution in [0.25, 0.3) is 10.9 Å². The van der Waals surface area contributed by atoms with Crippen LogP contribution in [0.15, 0.2) is 30.3 Å². The summed E-state index contributed by atoms with van der Waals surface area (Å²) in [5.41, 5.74) is 4.05. The molecule has 8 aliphatic rings. The van der Waals surface area contributed by atoms with Crippen molar-refractivity contribution < 1.29 is 43.5 Å². The SMILES string of the molecule is COc1c(C)cc2c(c1O)[C@@H]1[C@@H]3[C@@H]4SC[C@]5(N[C@H](CO)Cc6c5[nH]c5ccccc65)C(=O)OCC(c5c6c(c(C)c(OC(C)=O)c54)OCO6)N3C(C#N)(C2)CN1C. The number of carbonyl (C=O) groups excluding carboxylic acids is 2. The van der Waals surface area contributed by atoms with Crippen LogP contribution in [0.5, 0.6) is 28.7 Å². The first-order valence-electron chi connectivity index (χ1n) is 19.2. The van der Waals surface area contributed by atoms with Crippen LogP contribution < -0.4 is 24.3 Å². The van der Waals surface area contributed by atoms with E-state index in [1.165, 1.54) is 25.8 Å². The quantitative estimate of drug-likeness (QED) is 0.172. The molecule has 3 unspecified atom stereocenters. The van der Waals surface area contributed by atoms with E-state index in [1.807, 2.05) is 51.2 Å². The molecular weight excluding hydrogens is 751 g/mol. The molecule has 8 aliphatic heterocycles. The second-order valence-corrected chi connectivity index (χ2v) is 17.3. The zero-order chi connectivity index (χ0) is 39.7. The number of hydrogen-bond donors (Lipinski definition) is 4. The molecule has 296 valence electrons. The Balaban J connectivity index is 1.27. The second kappa shape index (κ2) is 12.8. The number of nitrogens with zero attached hydrogens (tertiary/aromatic N) is 3. The molecule has 3 aromatic carbocycles. The number of thioether (sulfide) groups is 1. The summed E-state index contributed by atoms with van der Waals surface area (Å²) in [7, 11) is 3.50. The number of hydrogen-bond acceptors (Lipinski definition) is 14. The van der Waals surface area contributed by atoms with Crippen LogP contribution in [0.3, 0.4) is 0 Å². The molecule has 4 bridgehead atoms. The number of phenols is 1. The standard InChI is InChI=1S/C42H43N5O9S/c1-19-10-22-12-41(15-43)16-46(4)31(28(22)33(50)34(19)52-5)32-38-30-29(37-36(54-18-55-37)20(2)35(30)56-21(3)49)27(47(32)41)14-53-40(51)42(17-57-38)39-25(11-23(13-48)45-42)24-8-6-7-9-26(24)44-39/h6-10,23,27,31-32,38,44-45,48,50H,11-14,16-18H2,1-5H3/t23-,27?,31+,32+,38+,41?,42+/m0/s1. The Hall–Kier alpha value is -4.98. The molecular formula is C42H43N5O9S. The van der Waals surface area contributed by atoms with Gasteiger partial charge >= 0.3 is 11.9 Å². The third kappa shape index (κ3) is 4.85. The highest BCUT2D eigenvalue weighted by Crippen LogP contribution is 2.65. The number of methoxy groups -OCH3 is 1. The highest BCUT2D eigenvalue weighted by molar-refractivity contribution is 7.99. The number of aromatic nitrogens is 1. The molecule has 57 heavy (non-hydrogen) atoms. The number of benzene rings is 3. The number of ether oxygens (including phenoxy) is 5. The van der Waals surface area contributed by atoms with Crippen LogP contribution in [0.4, 0.5) is 0 Å². The number of aliphatic hydroxyl groups excluding tert-OH is 1. The summed E-state index contributed by atoms with van der Waals surface area (Å²) in [6, 6.07) is 10.3. The molecule has 0 radical (unpaired) electrons. The van der Waals surface area contributed by atoms with Gasteiger partial charge in [-0.1, -0.05) is 24.3 Å².